The lowest BCUT2D eigenvalue weighted by Crippen LogP contribution is -2.38. The molecule has 0 unspecified atom stereocenters. The lowest BCUT2D eigenvalue weighted by atomic mass is 10.2. The number of hydrogen-bond acceptors (Lipinski definition) is 2. The van der Waals surface area contributed by atoms with Crippen LogP contribution >= 0.6 is 0 Å². The molecular formula is C8H19NO. The van der Waals surface area contributed by atoms with Crippen LogP contribution in [0.5, 0.6) is 0 Å². The normalized spacial score (nSPS) is 14.7. The van der Waals surface area contributed by atoms with Crippen LogP contribution in [0.1, 0.15) is 27.2 Å². The fourth-order valence-corrected chi connectivity index (χ4v) is 0.968. The van der Waals surface area contributed by atoms with E-state index in [4.69, 9.17) is 5.11 Å². The molecule has 0 saturated heterocycles. The van der Waals surface area contributed by atoms with Gasteiger partial charge in [-0.15, -0.1) is 0 Å². The van der Waals surface area contributed by atoms with Gasteiger partial charge in [0.1, 0.15) is 0 Å². The molecule has 0 saturated carbocycles. The highest BCUT2D eigenvalue weighted by atomic mass is 16.3. The summed E-state index contributed by atoms with van der Waals surface area (Å²) in [5.41, 5.74) is 0. The van der Waals surface area contributed by atoms with Gasteiger partial charge >= 0.3 is 0 Å². The number of rotatable bonds is 4. The van der Waals surface area contributed by atoms with Gasteiger partial charge in [-0.1, -0.05) is 6.92 Å². The van der Waals surface area contributed by atoms with Crippen molar-refractivity contribution in [2.75, 3.05) is 13.7 Å². The van der Waals surface area contributed by atoms with Crippen molar-refractivity contribution in [3.63, 3.8) is 0 Å². The second-order valence-corrected chi connectivity index (χ2v) is 3.00. The van der Waals surface area contributed by atoms with Crippen LogP contribution in [0.15, 0.2) is 0 Å². The molecule has 1 N–H and O–H groups in total. The van der Waals surface area contributed by atoms with Crippen LogP contribution in [0.2, 0.25) is 0 Å². The van der Waals surface area contributed by atoms with Crippen LogP contribution in [0.25, 0.3) is 0 Å². The number of likely N-dealkylation sites (N-methyl/N-ethyl adjacent to an activating group) is 1. The molecule has 0 aromatic carbocycles. The van der Waals surface area contributed by atoms with Gasteiger partial charge in [0.2, 0.25) is 0 Å². The molecule has 0 radical (unpaired) electrons. The van der Waals surface area contributed by atoms with Crippen LogP contribution in [-0.4, -0.2) is 35.7 Å². The van der Waals surface area contributed by atoms with Crippen molar-refractivity contribution >= 4 is 0 Å². The van der Waals surface area contributed by atoms with E-state index < -0.39 is 0 Å². The second kappa shape index (κ2) is 4.69. The zero-order chi connectivity index (χ0) is 8.15. The summed E-state index contributed by atoms with van der Waals surface area (Å²) in [7, 11) is 2.05. The van der Waals surface area contributed by atoms with Crippen molar-refractivity contribution in [3.8, 4) is 0 Å². The Labute approximate surface area is 63.8 Å². The maximum atomic E-state index is 8.90. The molecule has 1 atom stereocenters. The van der Waals surface area contributed by atoms with Crippen LogP contribution < -0.4 is 0 Å². The van der Waals surface area contributed by atoms with E-state index in [0.717, 1.165) is 6.42 Å². The minimum Gasteiger partial charge on any atom is -0.395 e. The van der Waals surface area contributed by atoms with E-state index in [0.29, 0.717) is 12.1 Å². The number of nitrogens with zero attached hydrogens (tertiary/aromatic N) is 1. The Balaban J connectivity index is 3.76. The third-order valence-corrected chi connectivity index (χ3v) is 2.07. The maximum Gasteiger partial charge on any atom is 0.0586 e. The van der Waals surface area contributed by atoms with E-state index in [1.165, 1.54) is 0 Å². The van der Waals surface area contributed by atoms with Gasteiger partial charge in [0.05, 0.1) is 6.61 Å². The van der Waals surface area contributed by atoms with Gasteiger partial charge in [-0.05, 0) is 27.3 Å². The summed E-state index contributed by atoms with van der Waals surface area (Å²) in [5, 5.41) is 8.90. The molecule has 0 aliphatic carbocycles. The van der Waals surface area contributed by atoms with Crippen molar-refractivity contribution < 1.29 is 5.11 Å². The molecule has 0 aliphatic rings. The van der Waals surface area contributed by atoms with Crippen LogP contribution in [0.3, 0.4) is 0 Å². The topological polar surface area (TPSA) is 23.5 Å². The molecule has 0 bridgehead atoms. The maximum absolute atomic E-state index is 8.90. The first-order valence-corrected chi connectivity index (χ1v) is 3.96. The van der Waals surface area contributed by atoms with Crippen molar-refractivity contribution in [1.29, 1.82) is 0 Å². The van der Waals surface area contributed by atoms with Crippen LogP contribution in [-0.2, 0) is 0 Å². The summed E-state index contributed by atoms with van der Waals surface area (Å²) in [6.07, 6.45) is 1.02. The van der Waals surface area contributed by atoms with Crippen molar-refractivity contribution in [3.05, 3.63) is 0 Å². The summed E-state index contributed by atoms with van der Waals surface area (Å²) >= 11 is 0. The van der Waals surface area contributed by atoms with Crippen molar-refractivity contribution in [1.82, 2.24) is 4.90 Å². The van der Waals surface area contributed by atoms with Crippen molar-refractivity contribution in [2.24, 2.45) is 0 Å². The molecule has 0 spiro atoms. The lowest BCUT2D eigenvalue weighted by molar-refractivity contribution is 0.119. The summed E-state index contributed by atoms with van der Waals surface area (Å²) in [4.78, 5) is 2.19. The SMILES string of the molecule is CC[C@@H](CO)N(C)C(C)C. The van der Waals surface area contributed by atoms with Gasteiger partial charge in [-0.3, -0.25) is 4.90 Å². The second-order valence-electron chi connectivity index (χ2n) is 3.00. The molecule has 0 fully saturated rings. The summed E-state index contributed by atoms with van der Waals surface area (Å²) in [6.45, 7) is 6.64. The lowest BCUT2D eigenvalue weighted by Gasteiger charge is -2.28. The van der Waals surface area contributed by atoms with E-state index in [1.807, 2.05) is 0 Å². The van der Waals surface area contributed by atoms with Gasteiger partial charge in [-0.2, -0.15) is 0 Å². The fraction of sp³-hybridized carbons (Fsp3) is 1.00. The number of aliphatic hydroxyl groups is 1. The first-order chi connectivity index (χ1) is 4.63. The first kappa shape index (κ1) is 9.92. The monoisotopic (exact) mass is 145 g/mol. The third kappa shape index (κ3) is 2.67. The van der Waals surface area contributed by atoms with Gasteiger partial charge in [0.25, 0.3) is 0 Å². The predicted octanol–water partition coefficient (Wildman–Crippen LogP) is 1.10. The Bertz CT molecular complexity index is 79.3. The van der Waals surface area contributed by atoms with Gasteiger partial charge < -0.3 is 5.11 Å². The van der Waals surface area contributed by atoms with E-state index in [9.17, 15) is 0 Å². The van der Waals surface area contributed by atoms with Gasteiger partial charge in [-0.25, -0.2) is 0 Å². The third-order valence-electron chi connectivity index (χ3n) is 2.07. The molecule has 2 heteroatoms. The predicted molar refractivity (Wildman–Crippen MR) is 44.1 cm³/mol. The average molecular weight is 145 g/mol. The molecular weight excluding hydrogens is 126 g/mol. The zero-order valence-corrected chi connectivity index (χ0v) is 7.46. The van der Waals surface area contributed by atoms with E-state index in [2.05, 4.69) is 32.7 Å². The summed E-state index contributed by atoms with van der Waals surface area (Å²) in [6, 6.07) is 0.858. The number of aliphatic hydroxyl groups excluding tert-OH is 1. The number of hydrogen-bond donors (Lipinski definition) is 1. The summed E-state index contributed by atoms with van der Waals surface area (Å²) in [5.74, 6) is 0. The molecule has 0 heterocycles. The molecule has 0 aliphatic heterocycles. The molecule has 0 amide bonds. The Kier molecular flexibility index (Phi) is 4.65. The zero-order valence-electron chi connectivity index (χ0n) is 7.46. The Morgan fingerprint density at radius 2 is 1.90 bits per heavy atom. The van der Waals surface area contributed by atoms with E-state index in [-0.39, 0.29) is 6.61 Å². The van der Waals surface area contributed by atoms with E-state index >= 15 is 0 Å². The molecule has 0 aromatic heterocycles. The van der Waals surface area contributed by atoms with E-state index in [1.54, 1.807) is 0 Å². The highest BCUT2D eigenvalue weighted by Gasteiger charge is 2.13. The minimum atomic E-state index is 0.269. The smallest absolute Gasteiger partial charge is 0.0586 e. The molecule has 62 valence electrons. The average Bonchev–Trinajstić information content (AvgIpc) is 1.90. The van der Waals surface area contributed by atoms with Gasteiger partial charge in [0, 0.05) is 12.1 Å². The quantitative estimate of drug-likeness (QED) is 0.640. The Morgan fingerprint density at radius 1 is 1.40 bits per heavy atom. The molecule has 2 nitrogen and oxygen atoms in total. The fourth-order valence-electron chi connectivity index (χ4n) is 0.968. The largest absolute Gasteiger partial charge is 0.395 e. The highest BCUT2D eigenvalue weighted by Crippen LogP contribution is 2.04. The summed E-state index contributed by atoms with van der Waals surface area (Å²) < 4.78 is 0. The Hall–Kier alpha value is -0.0800. The molecule has 10 heavy (non-hydrogen) atoms. The standard InChI is InChI=1S/C8H19NO/c1-5-8(6-10)9(4)7(2)3/h7-8,10H,5-6H2,1-4H3/t8-/m0/s1. The van der Waals surface area contributed by atoms with Crippen LogP contribution in [0, 0.1) is 0 Å². The Morgan fingerprint density at radius 3 is 2.00 bits per heavy atom. The molecule has 0 aromatic rings. The minimum absolute atomic E-state index is 0.269. The highest BCUT2D eigenvalue weighted by molar-refractivity contribution is 4.68. The molecule has 0 rings (SSSR count). The van der Waals surface area contributed by atoms with Crippen LogP contribution in [0.4, 0.5) is 0 Å². The first-order valence-electron chi connectivity index (χ1n) is 3.96. The van der Waals surface area contributed by atoms with Gasteiger partial charge in [0.15, 0.2) is 0 Å². The van der Waals surface area contributed by atoms with Crippen molar-refractivity contribution in [2.45, 2.75) is 39.3 Å².